The minimum atomic E-state index is 0.525. The van der Waals surface area contributed by atoms with E-state index in [4.69, 9.17) is 0 Å². The quantitative estimate of drug-likeness (QED) is 0.747. The van der Waals surface area contributed by atoms with Crippen molar-refractivity contribution < 1.29 is 0 Å². The molecule has 5 heteroatoms. The lowest BCUT2D eigenvalue weighted by molar-refractivity contribution is 0.447. The average Bonchev–Trinajstić information content (AvgIpc) is 2.98. The van der Waals surface area contributed by atoms with Gasteiger partial charge in [-0.2, -0.15) is 4.80 Å². The van der Waals surface area contributed by atoms with Crippen LogP contribution in [-0.4, -0.2) is 32.8 Å². The summed E-state index contributed by atoms with van der Waals surface area (Å²) in [4.78, 5) is 1.53. The van der Waals surface area contributed by atoms with Gasteiger partial charge in [0.05, 0.1) is 7.05 Å². The Kier molecular flexibility index (Phi) is 3.88. The molecule has 0 spiro atoms. The average molecular weight is 223 g/mol. The second-order valence-electron chi connectivity index (χ2n) is 4.73. The van der Waals surface area contributed by atoms with E-state index in [9.17, 15) is 0 Å². The minimum Gasteiger partial charge on any atom is -0.314 e. The number of aromatic nitrogens is 4. The summed E-state index contributed by atoms with van der Waals surface area (Å²) >= 11 is 0. The van der Waals surface area contributed by atoms with Crippen LogP contribution in [0.4, 0.5) is 0 Å². The van der Waals surface area contributed by atoms with Gasteiger partial charge in [0.1, 0.15) is 0 Å². The van der Waals surface area contributed by atoms with Crippen LogP contribution in [0.3, 0.4) is 0 Å². The topological polar surface area (TPSA) is 55.6 Å². The molecule has 1 saturated carbocycles. The minimum absolute atomic E-state index is 0.525. The van der Waals surface area contributed by atoms with Gasteiger partial charge in [0.25, 0.3) is 0 Å². The molecule has 1 fully saturated rings. The maximum Gasteiger partial charge on any atom is 0.176 e. The van der Waals surface area contributed by atoms with E-state index in [1.807, 2.05) is 7.05 Å². The highest BCUT2D eigenvalue weighted by Crippen LogP contribution is 2.33. The van der Waals surface area contributed by atoms with Gasteiger partial charge in [-0.05, 0) is 30.5 Å². The molecule has 16 heavy (non-hydrogen) atoms. The van der Waals surface area contributed by atoms with Gasteiger partial charge in [-0.15, -0.1) is 10.2 Å². The fourth-order valence-electron chi connectivity index (χ4n) is 1.97. The maximum atomic E-state index is 4.24. The molecule has 1 aliphatic carbocycles. The molecule has 0 amide bonds. The van der Waals surface area contributed by atoms with E-state index >= 15 is 0 Å². The molecule has 1 N–H and O–H groups in total. The third-order valence-corrected chi connectivity index (χ3v) is 2.98. The summed E-state index contributed by atoms with van der Waals surface area (Å²) in [6.07, 6.45) is 6.15. The van der Waals surface area contributed by atoms with Crippen molar-refractivity contribution in [1.82, 2.24) is 25.5 Å². The molecule has 0 radical (unpaired) electrons. The number of aryl methyl sites for hydroxylation is 1. The molecular weight excluding hydrogens is 202 g/mol. The summed E-state index contributed by atoms with van der Waals surface area (Å²) in [5, 5.41) is 15.7. The molecule has 1 aliphatic rings. The molecule has 1 atom stereocenters. The Balaban J connectivity index is 1.84. The Labute approximate surface area is 96.6 Å². The van der Waals surface area contributed by atoms with Gasteiger partial charge in [-0.1, -0.05) is 19.8 Å². The van der Waals surface area contributed by atoms with E-state index in [0.29, 0.717) is 6.04 Å². The molecule has 1 aromatic heterocycles. The smallest absolute Gasteiger partial charge is 0.176 e. The zero-order chi connectivity index (χ0) is 11.4. The van der Waals surface area contributed by atoms with Crippen LogP contribution in [0, 0.1) is 5.92 Å². The molecule has 2 rings (SSSR count). The van der Waals surface area contributed by atoms with Crippen LogP contribution < -0.4 is 5.32 Å². The van der Waals surface area contributed by atoms with Crippen molar-refractivity contribution in [3.63, 3.8) is 0 Å². The predicted molar refractivity (Wildman–Crippen MR) is 61.9 cm³/mol. The fraction of sp³-hybridized carbons (Fsp3) is 0.909. The van der Waals surface area contributed by atoms with Gasteiger partial charge in [0.2, 0.25) is 0 Å². The second-order valence-corrected chi connectivity index (χ2v) is 4.73. The standard InChI is InChI=1S/C11H21N5/c1-3-6-12-10(7-9-4-5-9)8-11-13-15-16(2)14-11/h9-10,12H,3-8H2,1-2H3. The van der Waals surface area contributed by atoms with Gasteiger partial charge in [0, 0.05) is 12.5 Å². The Morgan fingerprint density at radius 3 is 2.88 bits per heavy atom. The first kappa shape index (κ1) is 11.5. The Bertz CT molecular complexity index is 318. The van der Waals surface area contributed by atoms with Crippen LogP contribution in [0.5, 0.6) is 0 Å². The van der Waals surface area contributed by atoms with Gasteiger partial charge in [-0.25, -0.2) is 0 Å². The normalized spacial score (nSPS) is 17.6. The third kappa shape index (κ3) is 3.56. The van der Waals surface area contributed by atoms with E-state index in [-0.39, 0.29) is 0 Å². The van der Waals surface area contributed by atoms with E-state index in [1.165, 1.54) is 30.5 Å². The van der Waals surface area contributed by atoms with Crippen LogP contribution in [0.2, 0.25) is 0 Å². The molecule has 0 aromatic carbocycles. The maximum absolute atomic E-state index is 4.24. The zero-order valence-corrected chi connectivity index (χ0v) is 10.2. The largest absolute Gasteiger partial charge is 0.314 e. The third-order valence-electron chi connectivity index (χ3n) is 2.98. The van der Waals surface area contributed by atoms with E-state index in [2.05, 4.69) is 27.7 Å². The van der Waals surface area contributed by atoms with Crippen molar-refractivity contribution in [3.8, 4) is 0 Å². The number of hydrogen-bond donors (Lipinski definition) is 1. The molecule has 1 unspecified atom stereocenters. The highest BCUT2D eigenvalue weighted by molar-refractivity contribution is 4.88. The van der Waals surface area contributed by atoms with Crippen molar-refractivity contribution in [1.29, 1.82) is 0 Å². The summed E-state index contributed by atoms with van der Waals surface area (Å²) in [6, 6.07) is 0.525. The zero-order valence-electron chi connectivity index (χ0n) is 10.2. The summed E-state index contributed by atoms with van der Waals surface area (Å²) in [5.41, 5.74) is 0. The van der Waals surface area contributed by atoms with Gasteiger partial charge in [0.15, 0.2) is 5.82 Å². The van der Waals surface area contributed by atoms with Gasteiger partial charge < -0.3 is 5.32 Å². The van der Waals surface area contributed by atoms with Crippen LogP contribution in [0.25, 0.3) is 0 Å². The molecule has 5 nitrogen and oxygen atoms in total. The van der Waals surface area contributed by atoms with E-state index < -0.39 is 0 Å². The molecular formula is C11H21N5. The monoisotopic (exact) mass is 223 g/mol. The number of hydrogen-bond acceptors (Lipinski definition) is 4. The van der Waals surface area contributed by atoms with Crippen LogP contribution >= 0.6 is 0 Å². The first-order valence-corrected chi connectivity index (χ1v) is 6.24. The fourth-order valence-corrected chi connectivity index (χ4v) is 1.97. The first-order chi connectivity index (χ1) is 7.78. The lowest BCUT2D eigenvalue weighted by atomic mass is 10.1. The molecule has 1 heterocycles. The van der Waals surface area contributed by atoms with E-state index in [0.717, 1.165) is 24.7 Å². The Hall–Kier alpha value is -0.970. The number of rotatable bonds is 7. The van der Waals surface area contributed by atoms with Crippen molar-refractivity contribution in [3.05, 3.63) is 5.82 Å². The highest BCUT2D eigenvalue weighted by Gasteiger charge is 2.26. The number of nitrogens with zero attached hydrogens (tertiary/aromatic N) is 4. The second kappa shape index (κ2) is 5.39. The molecule has 1 aromatic rings. The number of tetrazole rings is 1. The molecule has 0 saturated heterocycles. The Morgan fingerprint density at radius 2 is 2.31 bits per heavy atom. The molecule has 0 aliphatic heterocycles. The first-order valence-electron chi connectivity index (χ1n) is 6.24. The van der Waals surface area contributed by atoms with Crippen LogP contribution in [0.1, 0.15) is 38.4 Å². The van der Waals surface area contributed by atoms with Gasteiger partial charge in [-0.3, -0.25) is 0 Å². The number of nitrogens with one attached hydrogen (secondary N) is 1. The lowest BCUT2D eigenvalue weighted by Gasteiger charge is -2.16. The molecule has 90 valence electrons. The van der Waals surface area contributed by atoms with Crippen LogP contribution in [0.15, 0.2) is 0 Å². The van der Waals surface area contributed by atoms with Crippen molar-refractivity contribution in [2.45, 2.75) is 45.1 Å². The summed E-state index contributed by atoms with van der Waals surface area (Å²) in [6.45, 7) is 3.28. The molecule has 0 bridgehead atoms. The van der Waals surface area contributed by atoms with Gasteiger partial charge >= 0.3 is 0 Å². The Morgan fingerprint density at radius 1 is 1.50 bits per heavy atom. The predicted octanol–water partition coefficient (Wildman–Crippen LogP) is 0.921. The summed E-state index contributed by atoms with van der Waals surface area (Å²) < 4.78 is 0. The lowest BCUT2D eigenvalue weighted by Crippen LogP contribution is -2.32. The van der Waals surface area contributed by atoms with Crippen molar-refractivity contribution >= 4 is 0 Å². The summed E-state index contributed by atoms with van der Waals surface area (Å²) in [7, 11) is 1.81. The highest BCUT2D eigenvalue weighted by atomic mass is 15.6. The van der Waals surface area contributed by atoms with Crippen LogP contribution in [-0.2, 0) is 13.5 Å². The summed E-state index contributed by atoms with van der Waals surface area (Å²) in [5.74, 6) is 1.79. The SMILES string of the molecule is CCCNC(Cc1nnn(C)n1)CC1CC1. The van der Waals surface area contributed by atoms with E-state index in [1.54, 1.807) is 0 Å². The van der Waals surface area contributed by atoms with Crippen molar-refractivity contribution in [2.24, 2.45) is 13.0 Å². The van der Waals surface area contributed by atoms with Crippen molar-refractivity contribution in [2.75, 3.05) is 6.54 Å².